The molecule has 0 aromatic heterocycles. The number of nitrogens with zero attached hydrogens (tertiary/aromatic N) is 3. The maximum Gasteiger partial charge on any atom is 0.248 e. The number of amides is 3. The summed E-state index contributed by atoms with van der Waals surface area (Å²) >= 11 is 0. The van der Waals surface area contributed by atoms with Gasteiger partial charge in [-0.3, -0.25) is 14.4 Å². The molecule has 0 radical (unpaired) electrons. The first kappa shape index (κ1) is 29.0. The standard InChI is InChI=1S/C31H43N3O5/c1-6-16-32(17-7-2)28(36)25-24-14-15-31(39-24)26(25)29(37)34(23(20-35)19-22-12-10-9-11-13-22)27(31)30(38)33(18-8-3)21(4)5/h6,8-13,21,23-27,35H,1,3,7,14-20H2,2,4-5H3/t23-,24-,25+,26+,27?,31?/m1/s1. The van der Waals surface area contributed by atoms with Gasteiger partial charge >= 0.3 is 0 Å². The number of carbonyl (C=O) groups excluding carboxylic acids is 3. The van der Waals surface area contributed by atoms with Crippen molar-refractivity contribution in [2.45, 2.75) is 76.3 Å². The van der Waals surface area contributed by atoms with Gasteiger partial charge in [0.2, 0.25) is 17.7 Å². The summed E-state index contributed by atoms with van der Waals surface area (Å²) in [5, 5.41) is 10.6. The monoisotopic (exact) mass is 537 g/mol. The number of benzene rings is 1. The quantitative estimate of drug-likeness (QED) is 0.391. The summed E-state index contributed by atoms with van der Waals surface area (Å²) in [6, 6.07) is 7.94. The van der Waals surface area contributed by atoms with E-state index in [0.29, 0.717) is 38.9 Å². The molecule has 212 valence electrons. The van der Waals surface area contributed by atoms with Gasteiger partial charge in [-0.25, -0.2) is 0 Å². The average Bonchev–Trinajstić information content (AvgIpc) is 3.57. The number of aliphatic hydroxyl groups excluding tert-OH is 1. The highest BCUT2D eigenvalue weighted by Gasteiger charge is 2.75. The summed E-state index contributed by atoms with van der Waals surface area (Å²) in [4.78, 5) is 47.7. The zero-order valence-corrected chi connectivity index (χ0v) is 23.5. The Morgan fingerprint density at radius 1 is 1.18 bits per heavy atom. The summed E-state index contributed by atoms with van der Waals surface area (Å²) in [7, 11) is 0. The number of fused-ring (bicyclic) bond motifs is 1. The van der Waals surface area contributed by atoms with Crippen LogP contribution < -0.4 is 0 Å². The summed E-state index contributed by atoms with van der Waals surface area (Å²) < 4.78 is 6.62. The zero-order valence-electron chi connectivity index (χ0n) is 23.5. The summed E-state index contributed by atoms with van der Waals surface area (Å²) in [6.45, 7) is 14.5. The van der Waals surface area contributed by atoms with Crippen LogP contribution in [0.3, 0.4) is 0 Å². The Kier molecular flexibility index (Phi) is 8.96. The molecule has 1 aromatic carbocycles. The molecule has 2 unspecified atom stereocenters. The number of rotatable bonds is 13. The smallest absolute Gasteiger partial charge is 0.248 e. The maximum absolute atomic E-state index is 14.4. The highest BCUT2D eigenvalue weighted by Crippen LogP contribution is 2.59. The largest absolute Gasteiger partial charge is 0.394 e. The van der Waals surface area contributed by atoms with Gasteiger partial charge < -0.3 is 24.5 Å². The van der Waals surface area contributed by atoms with Crippen LogP contribution in [-0.2, 0) is 25.5 Å². The number of hydrogen-bond donors (Lipinski definition) is 1. The molecule has 3 fully saturated rings. The van der Waals surface area contributed by atoms with Gasteiger partial charge in [-0.2, -0.15) is 0 Å². The Labute approximate surface area is 232 Å². The highest BCUT2D eigenvalue weighted by molar-refractivity contribution is 5.99. The fourth-order valence-electron chi connectivity index (χ4n) is 6.96. The van der Waals surface area contributed by atoms with E-state index in [-0.39, 0.29) is 30.4 Å². The van der Waals surface area contributed by atoms with E-state index in [9.17, 15) is 19.5 Å². The van der Waals surface area contributed by atoms with Crippen LogP contribution >= 0.6 is 0 Å². The second-order valence-corrected chi connectivity index (χ2v) is 11.3. The van der Waals surface area contributed by atoms with Gasteiger partial charge in [-0.15, -0.1) is 13.2 Å². The fourth-order valence-corrected chi connectivity index (χ4v) is 6.96. The van der Waals surface area contributed by atoms with Crippen molar-refractivity contribution in [2.75, 3.05) is 26.2 Å². The molecule has 3 saturated heterocycles. The van der Waals surface area contributed by atoms with Crippen LogP contribution in [0.1, 0.15) is 45.6 Å². The van der Waals surface area contributed by atoms with Gasteiger partial charge in [0.05, 0.1) is 30.6 Å². The minimum Gasteiger partial charge on any atom is -0.394 e. The second kappa shape index (κ2) is 12.0. The predicted octanol–water partition coefficient (Wildman–Crippen LogP) is 2.81. The third-order valence-corrected chi connectivity index (χ3v) is 8.56. The topological polar surface area (TPSA) is 90.4 Å². The molecule has 0 saturated carbocycles. The first-order valence-corrected chi connectivity index (χ1v) is 14.2. The van der Waals surface area contributed by atoms with Crippen LogP contribution in [-0.4, -0.2) is 93.6 Å². The fraction of sp³-hybridized carbons (Fsp3) is 0.581. The molecule has 4 rings (SSSR count). The normalized spacial score (nSPS) is 27.9. The SMILES string of the molecule is C=CCN(CCC)C(=O)[C@@H]1[C@H]2C(=O)N([C@@H](CO)Cc3ccccc3)C(C(=O)N(CC=C)C(C)C)C23CC[C@H]1O3. The minimum atomic E-state index is -1.11. The molecule has 8 nitrogen and oxygen atoms in total. The molecule has 6 atom stereocenters. The first-order valence-electron chi connectivity index (χ1n) is 14.2. The van der Waals surface area contributed by atoms with Crippen molar-refractivity contribution in [3.05, 3.63) is 61.2 Å². The lowest BCUT2D eigenvalue weighted by Gasteiger charge is -2.40. The first-order chi connectivity index (χ1) is 18.7. The third kappa shape index (κ3) is 5.05. The van der Waals surface area contributed by atoms with Crippen molar-refractivity contribution in [1.29, 1.82) is 0 Å². The molecular weight excluding hydrogens is 494 g/mol. The van der Waals surface area contributed by atoms with Gasteiger partial charge in [-0.05, 0) is 45.1 Å². The molecule has 1 aromatic rings. The van der Waals surface area contributed by atoms with E-state index in [1.54, 1.807) is 26.9 Å². The molecule has 39 heavy (non-hydrogen) atoms. The van der Waals surface area contributed by atoms with Crippen molar-refractivity contribution in [1.82, 2.24) is 14.7 Å². The lowest BCUT2D eigenvalue weighted by Crippen LogP contribution is -2.60. The zero-order chi connectivity index (χ0) is 28.3. The van der Waals surface area contributed by atoms with E-state index in [1.165, 1.54) is 0 Å². The van der Waals surface area contributed by atoms with Crippen molar-refractivity contribution < 1.29 is 24.2 Å². The minimum absolute atomic E-state index is 0.120. The van der Waals surface area contributed by atoms with Crippen molar-refractivity contribution >= 4 is 17.7 Å². The van der Waals surface area contributed by atoms with E-state index in [4.69, 9.17) is 4.74 Å². The van der Waals surface area contributed by atoms with Crippen molar-refractivity contribution in [3.63, 3.8) is 0 Å². The Balaban J connectivity index is 1.79. The van der Waals surface area contributed by atoms with Gasteiger partial charge in [0.1, 0.15) is 11.6 Å². The molecule has 3 aliphatic rings. The number of carbonyl (C=O) groups is 3. The van der Waals surface area contributed by atoms with Crippen molar-refractivity contribution in [2.24, 2.45) is 11.8 Å². The maximum atomic E-state index is 14.4. The lowest BCUT2D eigenvalue weighted by atomic mass is 9.70. The van der Waals surface area contributed by atoms with Gasteiger partial charge in [0.15, 0.2) is 0 Å². The number of likely N-dealkylation sites (tertiary alicyclic amines) is 1. The van der Waals surface area contributed by atoms with Crippen LogP contribution in [0, 0.1) is 11.8 Å². The van der Waals surface area contributed by atoms with Crippen LogP contribution in [0.5, 0.6) is 0 Å². The Hall–Kier alpha value is -2.97. The summed E-state index contributed by atoms with van der Waals surface area (Å²) in [5.41, 5.74) is -0.154. The predicted molar refractivity (Wildman–Crippen MR) is 150 cm³/mol. The van der Waals surface area contributed by atoms with E-state index in [2.05, 4.69) is 13.2 Å². The Morgan fingerprint density at radius 2 is 1.87 bits per heavy atom. The van der Waals surface area contributed by atoms with Gasteiger partial charge in [0, 0.05) is 25.7 Å². The van der Waals surface area contributed by atoms with E-state index in [0.717, 1.165) is 12.0 Å². The van der Waals surface area contributed by atoms with Crippen LogP contribution in [0.25, 0.3) is 0 Å². The molecule has 1 N–H and O–H groups in total. The van der Waals surface area contributed by atoms with Crippen LogP contribution in [0.4, 0.5) is 0 Å². The average molecular weight is 538 g/mol. The van der Waals surface area contributed by atoms with Crippen molar-refractivity contribution in [3.8, 4) is 0 Å². The summed E-state index contributed by atoms with van der Waals surface area (Å²) in [6.07, 6.45) is 5.26. The van der Waals surface area contributed by atoms with E-state index < -0.39 is 35.6 Å². The lowest BCUT2D eigenvalue weighted by molar-refractivity contribution is -0.152. The summed E-state index contributed by atoms with van der Waals surface area (Å²) in [5.74, 6) is -2.06. The molecule has 0 aliphatic carbocycles. The second-order valence-electron chi connectivity index (χ2n) is 11.3. The molecular formula is C31H43N3O5. The van der Waals surface area contributed by atoms with E-state index in [1.807, 2.05) is 51.1 Å². The number of aliphatic hydroxyl groups is 1. The molecule has 1 spiro atoms. The highest BCUT2D eigenvalue weighted by atomic mass is 16.5. The van der Waals surface area contributed by atoms with Gasteiger partial charge in [-0.1, -0.05) is 49.4 Å². The Morgan fingerprint density at radius 3 is 2.46 bits per heavy atom. The van der Waals surface area contributed by atoms with E-state index >= 15 is 0 Å². The Bertz CT molecular complexity index is 1080. The molecule has 2 bridgehead atoms. The van der Waals surface area contributed by atoms with Crippen LogP contribution in [0.2, 0.25) is 0 Å². The number of ether oxygens (including phenoxy) is 1. The molecule has 3 amide bonds. The molecule has 3 aliphatic heterocycles. The third-order valence-electron chi connectivity index (χ3n) is 8.56. The van der Waals surface area contributed by atoms with Crippen LogP contribution in [0.15, 0.2) is 55.6 Å². The molecule has 8 heteroatoms. The number of hydrogen-bond acceptors (Lipinski definition) is 5. The van der Waals surface area contributed by atoms with Gasteiger partial charge in [0.25, 0.3) is 0 Å². The molecule has 3 heterocycles.